The first kappa shape index (κ1) is 15.9. The van der Waals surface area contributed by atoms with Gasteiger partial charge in [0.15, 0.2) is 0 Å². The number of hydrogen-bond donors (Lipinski definition) is 2. The first-order chi connectivity index (χ1) is 11.7. The van der Waals surface area contributed by atoms with Crippen LogP contribution in [-0.2, 0) is 0 Å². The van der Waals surface area contributed by atoms with Gasteiger partial charge in [-0.2, -0.15) is 10.5 Å². The number of nitriles is 2. The minimum atomic E-state index is 0.245. The van der Waals surface area contributed by atoms with E-state index >= 15 is 0 Å². The fraction of sp³-hybridized carbons (Fsp3) is 0.0588. The molecule has 0 radical (unpaired) electrons. The van der Waals surface area contributed by atoms with E-state index in [1.807, 2.05) is 24.3 Å². The first-order valence-corrected chi connectivity index (χ1v) is 7.80. The smallest absolute Gasteiger partial charge is 0.138 e. The molecule has 3 N–H and O–H groups in total. The van der Waals surface area contributed by atoms with Gasteiger partial charge in [0.1, 0.15) is 18.0 Å². The highest BCUT2D eigenvalue weighted by Gasteiger charge is 2.23. The molecular formula is C17H11BrN6. The largest absolute Gasteiger partial charge is 0.310 e. The van der Waals surface area contributed by atoms with Crippen molar-refractivity contribution in [1.29, 1.82) is 10.5 Å². The molecule has 0 saturated heterocycles. The number of aliphatic imine (C=N–C) groups is 2. The number of hydrogen-bond acceptors (Lipinski definition) is 6. The van der Waals surface area contributed by atoms with Crippen molar-refractivity contribution in [2.45, 2.75) is 0 Å². The van der Waals surface area contributed by atoms with E-state index in [0.29, 0.717) is 22.8 Å². The molecule has 2 aromatic carbocycles. The van der Waals surface area contributed by atoms with Crippen LogP contribution in [0.5, 0.6) is 0 Å². The van der Waals surface area contributed by atoms with Crippen LogP contribution in [0.3, 0.4) is 0 Å². The Labute approximate surface area is 147 Å². The van der Waals surface area contributed by atoms with E-state index in [1.54, 1.807) is 12.1 Å². The molecule has 7 heteroatoms. The van der Waals surface area contributed by atoms with E-state index in [2.05, 4.69) is 43.5 Å². The number of nitrogens with zero attached hydrogens (tertiary/aromatic N) is 4. The number of nitrogens with one attached hydrogen (secondary N) is 1. The lowest BCUT2D eigenvalue weighted by molar-refractivity contribution is 0.992. The van der Waals surface area contributed by atoms with Gasteiger partial charge in [0, 0.05) is 15.6 Å². The van der Waals surface area contributed by atoms with E-state index < -0.39 is 0 Å². The van der Waals surface area contributed by atoms with E-state index in [4.69, 9.17) is 5.84 Å². The zero-order valence-electron chi connectivity index (χ0n) is 12.4. The average molecular weight is 379 g/mol. The number of rotatable bonds is 1. The summed E-state index contributed by atoms with van der Waals surface area (Å²) < 4.78 is 0.838. The Morgan fingerprint density at radius 1 is 1.12 bits per heavy atom. The van der Waals surface area contributed by atoms with E-state index in [-0.39, 0.29) is 17.7 Å². The molecule has 0 bridgehead atoms. The quantitative estimate of drug-likeness (QED) is 0.586. The summed E-state index contributed by atoms with van der Waals surface area (Å²) in [6.45, 7) is 0.245. The van der Waals surface area contributed by atoms with Gasteiger partial charge in [-0.25, -0.2) is 10.8 Å². The number of fused-ring (bicyclic) bond motifs is 1. The van der Waals surface area contributed by atoms with Crippen molar-refractivity contribution in [3.63, 3.8) is 0 Å². The lowest BCUT2D eigenvalue weighted by Crippen LogP contribution is -2.32. The standard InChI is InChI=1S/C17H11BrN6/c18-13-4-2-1-3-11(13)17-16-12(8-20)10(7-19)5-6-14(16)23-15(24-21)9-22-17/h1-6H,9,21H2,(H,23,24). The summed E-state index contributed by atoms with van der Waals surface area (Å²) in [4.78, 5) is 9.02. The molecule has 0 saturated carbocycles. The van der Waals surface area contributed by atoms with Gasteiger partial charge < -0.3 is 5.43 Å². The maximum atomic E-state index is 9.60. The Balaban J connectivity index is 2.37. The number of hydrazine groups is 1. The topological polar surface area (TPSA) is 110 Å². The zero-order chi connectivity index (χ0) is 17.1. The summed E-state index contributed by atoms with van der Waals surface area (Å²) in [5, 5.41) is 18.9. The third-order valence-corrected chi connectivity index (χ3v) is 4.28. The highest BCUT2D eigenvalue weighted by molar-refractivity contribution is 9.10. The Morgan fingerprint density at radius 3 is 2.58 bits per heavy atom. The van der Waals surface area contributed by atoms with Gasteiger partial charge in [-0.05, 0) is 18.2 Å². The van der Waals surface area contributed by atoms with Crippen molar-refractivity contribution in [1.82, 2.24) is 5.43 Å². The molecule has 1 aliphatic rings. The fourth-order valence-corrected chi connectivity index (χ4v) is 2.97. The maximum absolute atomic E-state index is 9.60. The molecule has 0 unspecified atom stereocenters. The second-order valence-corrected chi connectivity index (χ2v) is 5.81. The van der Waals surface area contributed by atoms with E-state index in [9.17, 15) is 10.5 Å². The van der Waals surface area contributed by atoms with Gasteiger partial charge in [-0.3, -0.25) is 4.99 Å². The van der Waals surface area contributed by atoms with Crippen molar-refractivity contribution in [3.05, 3.63) is 63.1 Å². The summed E-state index contributed by atoms with van der Waals surface area (Å²) in [7, 11) is 0. The van der Waals surface area contributed by atoms with Gasteiger partial charge in [-0.1, -0.05) is 34.1 Å². The van der Waals surface area contributed by atoms with Crippen LogP contribution < -0.4 is 11.3 Å². The highest BCUT2D eigenvalue weighted by Crippen LogP contribution is 2.32. The zero-order valence-corrected chi connectivity index (χ0v) is 14.0. The summed E-state index contributed by atoms with van der Waals surface area (Å²) >= 11 is 3.52. The summed E-state index contributed by atoms with van der Waals surface area (Å²) in [5.41, 5.74) is 5.56. The van der Waals surface area contributed by atoms with Crippen LogP contribution in [0, 0.1) is 22.7 Å². The van der Waals surface area contributed by atoms with Crippen LogP contribution in [0.15, 0.2) is 50.9 Å². The van der Waals surface area contributed by atoms with Gasteiger partial charge in [0.05, 0.1) is 29.1 Å². The summed E-state index contributed by atoms with van der Waals surface area (Å²) in [5.74, 6) is 5.97. The number of benzene rings is 2. The normalized spacial score (nSPS) is 12.8. The van der Waals surface area contributed by atoms with Gasteiger partial charge in [0.2, 0.25) is 0 Å². The van der Waals surface area contributed by atoms with E-state index in [1.165, 1.54) is 0 Å². The molecule has 116 valence electrons. The van der Waals surface area contributed by atoms with Gasteiger partial charge >= 0.3 is 0 Å². The van der Waals surface area contributed by atoms with Crippen molar-refractivity contribution in [2.75, 3.05) is 6.54 Å². The number of halogens is 1. The third-order valence-electron chi connectivity index (χ3n) is 3.59. The molecule has 0 aromatic heterocycles. The molecule has 0 spiro atoms. The molecule has 0 fully saturated rings. The summed E-state index contributed by atoms with van der Waals surface area (Å²) in [6.07, 6.45) is 0. The Bertz CT molecular complexity index is 962. The Hall–Kier alpha value is -3.00. The van der Waals surface area contributed by atoms with Crippen LogP contribution in [0.25, 0.3) is 0 Å². The van der Waals surface area contributed by atoms with Crippen molar-refractivity contribution in [2.24, 2.45) is 15.8 Å². The van der Waals surface area contributed by atoms with Crippen LogP contribution >= 0.6 is 15.9 Å². The fourth-order valence-electron chi connectivity index (χ4n) is 2.50. The summed E-state index contributed by atoms with van der Waals surface area (Å²) in [6, 6.07) is 15.0. The monoisotopic (exact) mass is 378 g/mol. The van der Waals surface area contributed by atoms with Crippen molar-refractivity contribution in [3.8, 4) is 12.1 Å². The molecule has 6 nitrogen and oxygen atoms in total. The molecule has 0 aliphatic carbocycles. The molecule has 0 amide bonds. The average Bonchev–Trinajstić information content (AvgIpc) is 2.80. The predicted molar refractivity (Wildman–Crippen MR) is 94.9 cm³/mol. The molecular weight excluding hydrogens is 368 g/mol. The van der Waals surface area contributed by atoms with Crippen LogP contribution in [0.4, 0.5) is 5.69 Å². The molecule has 1 heterocycles. The first-order valence-electron chi connectivity index (χ1n) is 7.00. The lowest BCUT2D eigenvalue weighted by atomic mass is 9.93. The molecule has 1 aliphatic heterocycles. The molecule has 24 heavy (non-hydrogen) atoms. The number of nitrogens with two attached hydrogens (primary N) is 1. The molecule has 2 aromatic rings. The highest BCUT2D eigenvalue weighted by atomic mass is 79.9. The SMILES string of the molecule is N#Cc1ccc2c(c1C#N)C(c1ccccc1Br)=NCC(NN)=N2. The Morgan fingerprint density at radius 2 is 1.92 bits per heavy atom. The molecule has 3 rings (SSSR count). The minimum Gasteiger partial charge on any atom is -0.310 e. The maximum Gasteiger partial charge on any atom is 0.138 e. The predicted octanol–water partition coefficient (Wildman–Crippen LogP) is 2.54. The Kier molecular flexibility index (Phi) is 4.39. The van der Waals surface area contributed by atoms with Crippen LogP contribution in [0.1, 0.15) is 22.3 Å². The second-order valence-electron chi connectivity index (χ2n) is 4.95. The van der Waals surface area contributed by atoms with Gasteiger partial charge in [0.25, 0.3) is 0 Å². The van der Waals surface area contributed by atoms with Crippen molar-refractivity contribution >= 4 is 33.2 Å². The van der Waals surface area contributed by atoms with Crippen molar-refractivity contribution < 1.29 is 0 Å². The van der Waals surface area contributed by atoms with Gasteiger partial charge in [-0.15, -0.1) is 0 Å². The van der Waals surface area contributed by atoms with E-state index in [0.717, 1.165) is 10.0 Å². The second kappa shape index (κ2) is 6.63. The molecule has 0 atom stereocenters. The van der Waals surface area contributed by atoms with Crippen LogP contribution in [0.2, 0.25) is 0 Å². The lowest BCUT2D eigenvalue weighted by Gasteiger charge is -2.12. The minimum absolute atomic E-state index is 0.245. The van der Waals surface area contributed by atoms with Crippen LogP contribution in [-0.4, -0.2) is 18.1 Å². The third kappa shape index (κ3) is 2.67. The number of amidine groups is 1.